The van der Waals surface area contributed by atoms with Crippen molar-refractivity contribution >= 4 is 11.4 Å². The number of phenolic OH excluding ortho intramolecular Hbond substituents is 1. The molecule has 3 rings (SSSR count). The Morgan fingerprint density at radius 3 is 2.64 bits per heavy atom. The third kappa shape index (κ3) is 4.17. The number of aliphatic hydroxyl groups excluding tert-OH is 1. The van der Waals surface area contributed by atoms with E-state index in [2.05, 4.69) is 22.3 Å². The quantitative estimate of drug-likeness (QED) is 0.752. The minimum absolute atomic E-state index is 0.259. The number of rotatable bonds is 6. The summed E-state index contributed by atoms with van der Waals surface area (Å²) >= 11 is 0. The maximum atomic E-state index is 10.1. The molecule has 5 nitrogen and oxygen atoms in total. The van der Waals surface area contributed by atoms with Crippen molar-refractivity contribution in [3.8, 4) is 11.5 Å². The number of ether oxygens (including phenoxy) is 1. The maximum absolute atomic E-state index is 10.1. The van der Waals surface area contributed by atoms with E-state index in [-0.39, 0.29) is 12.4 Å². The van der Waals surface area contributed by atoms with Crippen LogP contribution < -0.4 is 15.0 Å². The molecule has 1 saturated heterocycles. The molecule has 1 heterocycles. The van der Waals surface area contributed by atoms with Crippen LogP contribution in [0.15, 0.2) is 42.5 Å². The molecule has 0 atom stereocenters. The van der Waals surface area contributed by atoms with Crippen molar-refractivity contribution in [2.75, 3.05) is 37.0 Å². The largest absolute Gasteiger partial charge is 0.508 e. The number of hydrogen-bond donors (Lipinski definition) is 3. The van der Waals surface area contributed by atoms with Crippen molar-refractivity contribution in [3.05, 3.63) is 48.0 Å². The van der Waals surface area contributed by atoms with E-state index in [1.807, 2.05) is 18.2 Å². The highest BCUT2D eigenvalue weighted by Gasteiger charge is 2.20. The zero-order valence-corrected chi connectivity index (χ0v) is 14.6. The second kappa shape index (κ2) is 8.12. The summed E-state index contributed by atoms with van der Waals surface area (Å²) in [4.78, 5) is 2.36. The van der Waals surface area contributed by atoms with Crippen molar-refractivity contribution in [2.45, 2.75) is 19.4 Å². The molecule has 0 radical (unpaired) electrons. The highest BCUT2D eigenvalue weighted by Crippen LogP contribution is 2.31. The fourth-order valence-electron chi connectivity index (χ4n) is 3.28. The summed E-state index contributed by atoms with van der Waals surface area (Å²) < 4.78 is 5.23. The average molecular weight is 342 g/mol. The second-order valence-electron chi connectivity index (χ2n) is 6.48. The van der Waals surface area contributed by atoms with E-state index in [4.69, 9.17) is 4.74 Å². The smallest absolute Gasteiger partial charge is 0.120 e. The number of nitrogens with zero attached hydrogens (tertiary/aromatic N) is 1. The first-order valence-corrected chi connectivity index (χ1v) is 8.76. The van der Waals surface area contributed by atoms with Crippen molar-refractivity contribution < 1.29 is 14.9 Å². The SMILES string of the molecule is COc1ccc(O)c(CNc2ccccc2N2CCC(CO)CC2)c1. The first-order chi connectivity index (χ1) is 12.2. The molecular weight excluding hydrogens is 316 g/mol. The minimum atomic E-state index is 0.259. The number of para-hydroxylation sites is 2. The van der Waals surface area contributed by atoms with Crippen molar-refractivity contribution in [3.63, 3.8) is 0 Å². The number of hydrogen-bond acceptors (Lipinski definition) is 5. The van der Waals surface area contributed by atoms with Crippen LogP contribution >= 0.6 is 0 Å². The van der Waals surface area contributed by atoms with Gasteiger partial charge in [-0.2, -0.15) is 0 Å². The number of aromatic hydroxyl groups is 1. The van der Waals surface area contributed by atoms with Gasteiger partial charge in [-0.1, -0.05) is 12.1 Å². The zero-order chi connectivity index (χ0) is 17.6. The van der Waals surface area contributed by atoms with Gasteiger partial charge in [0.1, 0.15) is 11.5 Å². The third-order valence-corrected chi connectivity index (χ3v) is 4.87. The lowest BCUT2D eigenvalue weighted by atomic mass is 9.97. The lowest BCUT2D eigenvalue weighted by molar-refractivity contribution is 0.203. The molecule has 2 aromatic carbocycles. The minimum Gasteiger partial charge on any atom is -0.508 e. The summed E-state index contributed by atoms with van der Waals surface area (Å²) in [5.74, 6) is 1.41. The topological polar surface area (TPSA) is 65.0 Å². The van der Waals surface area contributed by atoms with E-state index in [1.54, 1.807) is 19.2 Å². The van der Waals surface area contributed by atoms with E-state index < -0.39 is 0 Å². The maximum Gasteiger partial charge on any atom is 0.120 e. The van der Waals surface area contributed by atoms with Crippen LogP contribution in [0.2, 0.25) is 0 Å². The van der Waals surface area contributed by atoms with Crippen molar-refractivity contribution in [1.29, 1.82) is 0 Å². The van der Waals surface area contributed by atoms with Gasteiger partial charge in [-0.25, -0.2) is 0 Å². The van der Waals surface area contributed by atoms with Crippen molar-refractivity contribution in [1.82, 2.24) is 0 Å². The van der Waals surface area contributed by atoms with Gasteiger partial charge in [-0.05, 0) is 49.1 Å². The number of anilines is 2. The summed E-state index contributed by atoms with van der Waals surface area (Å²) in [7, 11) is 1.62. The fourth-order valence-corrected chi connectivity index (χ4v) is 3.28. The Labute approximate surface area is 148 Å². The van der Waals surface area contributed by atoms with Crippen LogP contribution in [0, 0.1) is 5.92 Å². The molecule has 3 N–H and O–H groups in total. The van der Waals surface area contributed by atoms with E-state index in [0.29, 0.717) is 12.5 Å². The summed E-state index contributed by atoms with van der Waals surface area (Å²) in [6, 6.07) is 13.5. The van der Waals surface area contributed by atoms with Gasteiger partial charge >= 0.3 is 0 Å². The van der Waals surface area contributed by atoms with E-state index in [9.17, 15) is 10.2 Å². The summed E-state index contributed by atoms with van der Waals surface area (Å²) in [6.07, 6.45) is 2.03. The molecule has 0 aliphatic carbocycles. The molecule has 0 unspecified atom stereocenters. The Bertz CT molecular complexity index is 697. The predicted octanol–water partition coefficient (Wildman–Crippen LogP) is 3.22. The molecule has 0 saturated carbocycles. The normalized spacial score (nSPS) is 15.2. The van der Waals surface area contributed by atoms with Crippen LogP contribution in [0.5, 0.6) is 11.5 Å². The molecule has 25 heavy (non-hydrogen) atoms. The van der Waals surface area contributed by atoms with Crippen LogP contribution in [0.3, 0.4) is 0 Å². The summed E-state index contributed by atoms with van der Waals surface area (Å²) in [6.45, 7) is 2.71. The van der Waals surface area contributed by atoms with Crippen molar-refractivity contribution in [2.24, 2.45) is 5.92 Å². The fraction of sp³-hybridized carbons (Fsp3) is 0.400. The highest BCUT2D eigenvalue weighted by molar-refractivity contribution is 5.70. The molecule has 2 aromatic rings. The molecule has 0 amide bonds. The molecule has 0 bridgehead atoms. The molecule has 5 heteroatoms. The van der Waals surface area contributed by atoms with Gasteiger partial charge in [-0.15, -0.1) is 0 Å². The Morgan fingerprint density at radius 1 is 1.16 bits per heavy atom. The molecule has 1 aliphatic heterocycles. The number of benzene rings is 2. The standard InChI is InChI=1S/C20H26N2O3/c1-25-17-6-7-20(24)16(12-17)13-21-18-4-2-3-5-19(18)22-10-8-15(14-23)9-11-22/h2-7,12,15,21,23-24H,8-11,13-14H2,1H3. The predicted molar refractivity (Wildman–Crippen MR) is 100 cm³/mol. The van der Waals surface area contributed by atoms with E-state index in [0.717, 1.165) is 42.9 Å². The number of phenols is 1. The van der Waals surface area contributed by atoms with Gasteiger partial charge in [0.15, 0.2) is 0 Å². The first kappa shape index (κ1) is 17.4. The van der Waals surface area contributed by atoms with E-state index in [1.165, 1.54) is 5.69 Å². The molecule has 134 valence electrons. The number of piperidine rings is 1. The number of methoxy groups -OCH3 is 1. The Hall–Kier alpha value is -2.40. The van der Waals surface area contributed by atoms with Gasteiger partial charge in [-0.3, -0.25) is 0 Å². The highest BCUT2D eigenvalue weighted by atomic mass is 16.5. The van der Waals surface area contributed by atoms with Gasteiger partial charge in [0.05, 0.1) is 18.5 Å². The number of aliphatic hydroxyl groups is 1. The molecule has 1 aliphatic rings. The lowest BCUT2D eigenvalue weighted by Gasteiger charge is -2.34. The third-order valence-electron chi connectivity index (χ3n) is 4.87. The van der Waals surface area contributed by atoms with Crippen LogP contribution in [-0.2, 0) is 6.54 Å². The summed E-state index contributed by atoms with van der Waals surface area (Å²) in [5, 5.41) is 22.8. The van der Waals surface area contributed by atoms with Gasteiger partial charge in [0.25, 0.3) is 0 Å². The Kier molecular flexibility index (Phi) is 5.66. The first-order valence-electron chi connectivity index (χ1n) is 8.76. The lowest BCUT2D eigenvalue weighted by Crippen LogP contribution is -2.35. The van der Waals surface area contributed by atoms with Gasteiger partial charge < -0.3 is 25.2 Å². The molecular formula is C20H26N2O3. The molecule has 0 spiro atoms. The second-order valence-corrected chi connectivity index (χ2v) is 6.48. The van der Waals surface area contributed by atoms with Gasteiger partial charge in [0.2, 0.25) is 0 Å². The van der Waals surface area contributed by atoms with Crippen LogP contribution in [0.4, 0.5) is 11.4 Å². The Morgan fingerprint density at radius 2 is 1.92 bits per heavy atom. The number of nitrogens with one attached hydrogen (secondary N) is 1. The zero-order valence-electron chi connectivity index (χ0n) is 14.6. The van der Waals surface area contributed by atoms with Crippen LogP contribution in [-0.4, -0.2) is 37.0 Å². The van der Waals surface area contributed by atoms with Crippen LogP contribution in [0.1, 0.15) is 18.4 Å². The summed E-state index contributed by atoms with van der Waals surface area (Å²) in [5.41, 5.74) is 3.02. The Balaban J connectivity index is 1.71. The van der Waals surface area contributed by atoms with E-state index >= 15 is 0 Å². The van der Waals surface area contributed by atoms with Crippen LogP contribution in [0.25, 0.3) is 0 Å². The molecule has 1 fully saturated rings. The average Bonchev–Trinajstić information content (AvgIpc) is 2.68. The molecule has 0 aromatic heterocycles. The monoisotopic (exact) mass is 342 g/mol. The van der Waals surface area contributed by atoms with Gasteiger partial charge in [0, 0.05) is 31.8 Å².